The first-order chi connectivity index (χ1) is 7.84. The van der Waals surface area contributed by atoms with E-state index in [0.29, 0.717) is 0 Å². The van der Waals surface area contributed by atoms with Crippen molar-refractivity contribution in [3.8, 4) is 0 Å². The van der Waals surface area contributed by atoms with Crippen LogP contribution in [0.4, 0.5) is 0 Å². The van der Waals surface area contributed by atoms with Crippen molar-refractivity contribution >= 4 is 19.8 Å². The largest absolute Gasteiger partial charge is 0.462 e. The van der Waals surface area contributed by atoms with E-state index in [1.54, 1.807) is 20.8 Å². The maximum absolute atomic E-state index is 12.1. The minimum Gasteiger partial charge on any atom is -0.462 e. The molecule has 0 fully saturated rings. The first-order valence-electron chi connectivity index (χ1n) is 5.17. The van der Waals surface area contributed by atoms with Crippen LogP contribution in [-0.2, 0) is 18.8 Å². The topological polar surface area (TPSA) is 101 Å². The van der Waals surface area contributed by atoms with Gasteiger partial charge in [-0.2, -0.15) is 0 Å². The summed E-state index contributed by atoms with van der Waals surface area (Å²) in [5, 5.41) is 11.8. The van der Waals surface area contributed by atoms with E-state index in [2.05, 4.69) is 10.2 Å². The van der Waals surface area contributed by atoms with Gasteiger partial charge in [0.2, 0.25) is 0 Å². The molecular formula is C9H20N3O4P. The Bertz CT molecular complexity index is 309. The van der Waals surface area contributed by atoms with Crippen LogP contribution in [0.15, 0.2) is 0 Å². The van der Waals surface area contributed by atoms with Gasteiger partial charge in [0.1, 0.15) is 12.4 Å². The van der Waals surface area contributed by atoms with Crippen LogP contribution in [-0.4, -0.2) is 37.9 Å². The maximum Gasteiger partial charge on any atom is 0.323 e. The van der Waals surface area contributed by atoms with Crippen LogP contribution < -0.4 is 10.2 Å². The van der Waals surface area contributed by atoms with E-state index in [1.807, 2.05) is 0 Å². The summed E-state index contributed by atoms with van der Waals surface area (Å²) >= 11 is 0. The molecule has 0 heterocycles. The average molecular weight is 265 g/mol. The number of carbonyl (C=O) groups is 1. The van der Waals surface area contributed by atoms with Gasteiger partial charge in [0.15, 0.2) is 0 Å². The minimum absolute atomic E-state index is 0.123. The Balaban J connectivity index is 4.49. The van der Waals surface area contributed by atoms with Crippen molar-refractivity contribution in [3.05, 3.63) is 0 Å². The standard InChI is InChI=1S/C9H20N3O4P/c1-7(2)16-9(13)8(3)12-17(14,6-15-4)11-5-10/h5,7-8H,6H2,1-4H3,(H3,10,11,12,14)/t8-,17?/m0/s1. The number of hydrogen-bond acceptors (Lipinski definition) is 5. The van der Waals surface area contributed by atoms with Crippen molar-refractivity contribution in [2.75, 3.05) is 13.5 Å². The molecule has 0 saturated heterocycles. The lowest BCUT2D eigenvalue weighted by molar-refractivity contribution is -0.148. The lowest BCUT2D eigenvalue weighted by atomic mass is 10.4. The molecule has 0 radical (unpaired) electrons. The predicted octanol–water partition coefficient (Wildman–Crippen LogP) is 0.910. The molecule has 0 saturated carbocycles. The Morgan fingerprint density at radius 2 is 2.06 bits per heavy atom. The van der Waals surface area contributed by atoms with Crippen LogP contribution in [0, 0.1) is 5.41 Å². The Morgan fingerprint density at radius 3 is 2.47 bits per heavy atom. The summed E-state index contributed by atoms with van der Waals surface area (Å²) in [7, 11) is -1.75. The number of nitrogens with one attached hydrogen (secondary N) is 3. The molecule has 0 aromatic carbocycles. The molecule has 0 aliphatic heterocycles. The maximum atomic E-state index is 12.1. The van der Waals surface area contributed by atoms with Gasteiger partial charge in [-0.1, -0.05) is 0 Å². The number of hydrogen-bond donors (Lipinski definition) is 3. The molecule has 2 atom stereocenters. The third-order valence-electron chi connectivity index (χ3n) is 1.69. The zero-order chi connectivity index (χ0) is 13.5. The third kappa shape index (κ3) is 6.41. The zero-order valence-electron chi connectivity index (χ0n) is 10.5. The summed E-state index contributed by atoms with van der Waals surface area (Å²) < 4.78 is 21.9. The molecule has 0 bridgehead atoms. The molecule has 0 aromatic rings. The van der Waals surface area contributed by atoms with E-state index in [0.717, 1.165) is 6.34 Å². The monoisotopic (exact) mass is 265 g/mol. The number of carbonyl (C=O) groups excluding carboxylic acids is 1. The van der Waals surface area contributed by atoms with Gasteiger partial charge in [-0.25, -0.2) is 5.09 Å². The quantitative estimate of drug-likeness (QED) is 0.261. The molecule has 1 unspecified atom stereocenters. The van der Waals surface area contributed by atoms with E-state index >= 15 is 0 Å². The van der Waals surface area contributed by atoms with Crippen molar-refractivity contribution in [1.82, 2.24) is 10.2 Å². The van der Waals surface area contributed by atoms with Crippen molar-refractivity contribution in [3.63, 3.8) is 0 Å². The van der Waals surface area contributed by atoms with E-state index in [4.69, 9.17) is 14.9 Å². The molecule has 0 spiro atoms. The molecule has 0 aliphatic rings. The Kier molecular flexibility index (Phi) is 7.03. The van der Waals surface area contributed by atoms with Crippen LogP contribution in [0.2, 0.25) is 0 Å². The number of esters is 1. The second-order valence-corrected chi connectivity index (χ2v) is 6.02. The molecule has 0 aromatic heterocycles. The summed E-state index contributed by atoms with van der Waals surface area (Å²) in [4.78, 5) is 11.5. The fourth-order valence-corrected chi connectivity index (χ4v) is 2.62. The molecule has 100 valence electrons. The summed E-state index contributed by atoms with van der Waals surface area (Å²) in [5.41, 5.74) is 0. The van der Waals surface area contributed by atoms with E-state index < -0.39 is 19.5 Å². The molecule has 0 rings (SSSR count). The lowest BCUT2D eigenvalue weighted by Gasteiger charge is -2.22. The highest BCUT2D eigenvalue weighted by Crippen LogP contribution is 2.35. The van der Waals surface area contributed by atoms with Gasteiger partial charge >= 0.3 is 5.97 Å². The van der Waals surface area contributed by atoms with Gasteiger partial charge in [-0.15, -0.1) is 0 Å². The van der Waals surface area contributed by atoms with Gasteiger partial charge in [-0.3, -0.25) is 14.8 Å². The molecule has 17 heavy (non-hydrogen) atoms. The highest BCUT2D eigenvalue weighted by Gasteiger charge is 2.27. The first kappa shape index (κ1) is 16.1. The van der Waals surface area contributed by atoms with Gasteiger partial charge in [0, 0.05) is 7.11 Å². The van der Waals surface area contributed by atoms with Gasteiger partial charge in [0.05, 0.1) is 12.4 Å². The highest BCUT2D eigenvalue weighted by molar-refractivity contribution is 7.60. The van der Waals surface area contributed by atoms with Crippen molar-refractivity contribution in [2.45, 2.75) is 32.9 Å². The van der Waals surface area contributed by atoms with Crippen molar-refractivity contribution in [2.24, 2.45) is 0 Å². The second-order valence-electron chi connectivity index (χ2n) is 3.77. The first-order valence-corrected chi connectivity index (χ1v) is 7.07. The molecule has 7 nitrogen and oxygen atoms in total. The number of methoxy groups -OCH3 is 1. The average Bonchev–Trinajstić information content (AvgIpc) is 2.16. The summed E-state index contributed by atoms with van der Waals surface area (Å²) in [6, 6.07) is -0.745. The summed E-state index contributed by atoms with van der Waals surface area (Å²) in [6.07, 6.45) is 0.443. The second kappa shape index (κ2) is 7.42. The zero-order valence-corrected chi connectivity index (χ0v) is 11.4. The van der Waals surface area contributed by atoms with Crippen LogP contribution in [0.25, 0.3) is 0 Å². The predicted molar refractivity (Wildman–Crippen MR) is 65.2 cm³/mol. The Morgan fingerprint density at radius 1 is 1.47 bits per heavy atom. The van der Waals surface area contributed by atoms with Gasteiger partial charge in [-0.05, 0) is 20.8 Å². The number of ether oxygens (including phenoxy) is 2. The Labute approximate surface area is 101 Å². The molecule has 0 aliphatic carbocycles. The molecule has 3 N–H and O–H groups in total. The van der Waals surface area contributed by atoms with Crippen LogP contribution in [0.3, 0.4) is 0 Å². The third-order valence-corrected chi connectivity index (χ3v) is 3.66. The molecule has 8 heteroatoms. The lowest BCUT2D eigenvalue weighted by Crippen LogP contribution is -2.38. The van der Waals surface area contributed by atoms with Gasteiger partial charge in [0.25, 0.3) is 7.44 Å². The van der Waals surface area contributed by atoms with E-state index in [-0.39, 0.29) is 12.5 Å². The Hall–Kier alpha value is -0.910. The molecule has 0 amide bonds. The summed E-state index contributed by atoms with van der Waals surface area (Å²) in [6.45, 7) is 5.00. The fraction of sp³-hybridized carbons (Fsp3) is 0.778. The van der Waals surface area contributed by atoms with Crippen LogP contribution in [0.1, 0.15) is 20.8 Å². The van der Waals surface area contributed by atoms with Crippen molar-refractivity contribution in [1.29, 1.82) is 5.41 Å². The highest BCUT2D eigenvalue weighted by atomic mass is 31.2. The smallest absolute Gasteiger partial charge is 0.323 e. The van der Waals surface area contributed by atoms with E-state index in [1.165, 1.54) is 7.11 Å². The summed E-state index contributed by atoms with van der Waals surface area (Å²) in [5.74, 6) is -0.497. The van der Waals surface area contributed by atoms with E-state index in [9.17, 15) is 9.36 Å². The van der Waals surface area contributed by atoms with Crippen LogP contribution >= 0.6 is 7.44 Å². The minimum atomic E-state index is -3.14. The SMILES string of the molecule is COCP(=O)(NC=N)N[C@@H](C)C(=O)OC(C)C. The number of rotatable bonds is 8. The van der Waals surface area contributed by atoms with Gasteiger partial charge < -0.3 is 14.6 Å². The van der Waals surface area contributed by atoms with Crippen LogP contribution in [0.5, 0.6) is 0 Å². The van der Waals surface area contributed by atoms with Crippen molar-refractivity contribution < 1.29 is 18.8 Å². The molecular weight excluding hydrogens is 245 g/mol. The normalized spacial score (nSPS) is 16.1. The fourth-order valence-electron chi connectivity index (χ4n) is 1.10.